The number of fused-ring (bicyclic) bond motifs is 1. The third kappa shape index (κ3) is 2.24. The van der Waals surface area contributed by atoms with Gasteiger partial charge in [-0.3, -0.25) is 4.79 Å². The van der Waals surface area contributed by atoms with Crippen molar-refractivity contribution in [3.63, 3.8) is 0 Å². The van der Waals surface area contributed by atoms with Crippen LogP contribution in [0.15, 0.2) is 23.0 Å². The van der Waals surface area contributed by atoms with Crippen LogP contribution in [0.2, 0.25) is 0 Å². The molecule has 0 fully saturated rings. The number of rotatable bonds is 3. The van der Waals surface area contributed by atoms with E-state index in [0.29, 0.717) is 17.0 Å². The number of hydrogen-bond donors (Lipinski definition) is 0. The molecule has 0 amide bonds. The lowest BCUT2D eigenvalue weighted by Crippen LogP contribution is -2.11. The number of aromatic nitrogens is 3. The van der Waals surface area contributed by atoms with Crippen LogP contribution >= 0.6 is 0 Å². The van der Waals surface area contributed by atoms with Crippen molar-refractivity contribution in [3.05, 3.63) is 46.6 Å². The number of benzene rings is 1. The maximum Gasteiger partial charge on any atom is 0.188 e. The Bertz CT molecular complexity index is 823. The van der Waals surface area contributed by atoms with Gasteiger partial charge < -0.3 is 9.09 Å². The normalized spacial score (nSPS) is 11.2. The number of ketones is 1. The Balaban J connectivity index is 1.99. The van der Waals surface area contributed by atoms with Crippen LogP contribution in [-0.4, -0.2) is 20.5 Å². The van der Waals surface area contributed by atoms with E-state index in [1.165, 1.54) is 11.1 Å². The molecule has 0 bridgehead atoms. The van der Waals surface area contributed by atoms with E-state index in [0.717, 1.165) is 11.0 Å². The summed E-state index contributed by atoms with van der Waals surface area (Å²) in [6.07, 6.45) is 1.71. The highest BCUT2D eigenvalue weighted by Crippen LogP contribution is 2.20. The van der Waals surface area contributed by atoms with Crippen LogP contribution in [-0.2, 0) is 6.54 Å². The fourth-order valence-electron chi connectivity index (χ4n) is 2.55. The SMILES string of the molecule is Cc1cc2ncn(CC(=O)c3c(C)noc3C)c2cc1C. The number of aryl methyl sites for hydroxylation is 4. The molecule has 0 radical (unpaired) electrons. The summed E-state index contributed by atoms with van der Waals surface area (Å²) in [5.74, 6) is 0.553. The average Bonchev–Trinajstić information content (AvgIpc) is 2.95. The molecule has 108 valence electrons. The number of carbonyl (C=O) groups excluding carboxylic acids is 1. The minimum atomic E-state index is -0.0104. The number of hydrogen-bond acceptors (Lipinski definition) is 4. The van der Waals surface area contributed by atoms with Gasteiger partial charge in [-0.25, -0.2) is 4.98 Å². The second kappa shape index (κ2) is 4.84. The molecular weight excluding hydrogens is 266 g/mol. The topological polar surface area (TPSA) is 60.9 Å². The molecule has 3 rings (SSSR count). The van der Waals surface area contributed by atoms with Gasteiger partial charge in [-0.05, 0) is 51.0 Å². The molecule has 5 heteroatoms. The van der Waals surface area contributed by atoms with Gasteiger partial charge in [-0.15, -0.1) is 0 Å². The first kappa shape index (κ1) is 13.5. The average molecular weight is 283 g/mol. The van der Waals surface area contributed by atoms with Gasteiger partial charge in [0.15, 0.2) is 5.78 Å². The van der Waals surface area contributed by atoms with E-state index in [2.05, 4.69) is 30.1 Å². The Kier molecular flexibility index (Phi) is 3.12. The van der Waals surface area contributed by atoms with Gasteiger partial charge in [0.05, 0.1) is 35.2 Å². The predicted molar refractivity (Wildman–Crippen MR) is 79.5 cm³/mol. The summed E-state index contributed by atoms with van der Waals surface area (Å²) in [6.45, 7) is 7.89. The van der Waals surface area contributed by atoms with E-state index >= 15 is 0 Å². The molecule has 3 aromatic rings. The van der Waals surface area contributed by atoms with Crippen LogP contribution in [0, 0.1) is 27.7 Å². The molecule has 0 aliphatic heterocycles. The molecule has 1 aromatic carbocycles. The van der Waals surface area contributed by atoms with Crippen LogP contribution in [0.1, 0.15) is 32.9 Å². The van der Waals surface area contributed by atoms with Crippen molar-refractivity contribution in [3.8, 4) is 0 Å². The van der Waals surface area contributed by atoms with Crippen molar-refractivity contribution in [1.29, 1.82) is 0 Å². The smallest absolute Gasteiger partial charge is 0.188 e. The lowest BCUT2D eigenvalue weighted by atomic mass is 10.1. The van der Waals surface area contributed by atoms with E-state index in [4.69, 9.17) is 4.52 Å². The summed E-state index contributed by atoms with van der Waals surface area (Å²) in [7, 11) is 0. The van der Waals surface area contributed by atoms with Gasteiger partial charge in [-0.2, -0.15) is 0 Å². The highest BCUT2D eigenvalue weighted by atomic mass is 16.5. The quantitative estimate of drug-likeness (QED) is 0.693. The molecule has 0 atom stereocenters. The van der Waals surface area contributed by atoms with E-state index < -0.39 is 0 Å². The number of Topliss-reactive ketones (excluding diaryl/α,β-unsaturated/α-hetero) is 1. The summed E-state index contributed by atoms with van der Waals surface area (Å²) in [4.78, 5) is 16.8. The molecule has 0 N–H and O–H groups in total. The van der Waals surface area contributed by atoms with Crippen molar-refractivity contribution in [2.45, 2.75) is 34.2 Å². The largest absolute Gasteiger partial charge is 0.361 e. The molecule has 2 heterocycles. The second-order valence-corrected chi connectivity index (χ2v) is 5.42. The molecular formula is C16H17N3O2. The Morgan fingerprint density at radius 1 is 1.19 bits per heavy atom. The maximum atomic E-state index is 12.5. The van der Waals surface area contributed by atoms with Crippen LogP contribution in [0.25, 0.3) is 11.0 Å². The van der Waals surface area contributed by atoms with Crippen molar-refractivity contribution in [2.75, 3.05) is 0 Å². The molecule has 0 unspecified atom stereocenters. The standard InChI is InChI=1S/C16H17N3O2/c1-9-5-13-14(6-10(9)2)19(8-17-13)7-15(20)16-11(3)18-21-12(16)4/h5-6,8H,7H2,1-4H3. The van der Waals surface area contributed by atoms with Gasteiger partial charge in [-0.1, -0.05) is 5.16 Å². The third-order valence-corrected chi connectivity index (χ3v) is 3.86. The van der Waals surface area contributed by atoms with Gasteiger partial charge in [0.1, 0.15) is 5.76 Å². The summed E-state index contributed by atoms with van der Waals surface area (Å²) in [5, 5.41) is 3.83. The van der Waals surface area contributed by atoms with Crippen molar-refractivity contribution < 1.29 is 9.32 Å². The molecule has 0 spiro atoms. The summed E-state index contributed by atoms with van der Waals surface area (Å²) in [6, 6.07) is 4.11. The zero-order valence-electron chi connectivity index (χ0n) is 12.6. The minimum absolute atomic E-state index is 0.0104. The first-order valence-corrected chi connectivity index (χ1v) is 6.85. The number of carbonyl (C=O) groups is 1. The minimum Gasteiger partial charge on any atom is -0.361 e. The Morgan fingerprint density at radius 3 is 2.57 bits per heavy atom. The van der Waals surface area contributed by atoms with E-state index in [-0.39, 0.29) is 12.3 Å². The van der Waals surface area contributed by atoms with E-state index in [9.17, 15) is 4.79 Å². The lowest BCUT2D eigenvalue weighted by molar-refractivity contribution is 0.0971. The summed E-state index contributed by atoms with van der Waals surface area (Å²) in [5.41, 5.74) is 5.47. The van der Waals surface area contributed by atoms with Gasteiger partial charge >= 0.3 is 0 Å². The number of nitrogens with zero attached hydrogens (tertiary/aromatic N) is 3. The van der Waals surface area contributed by atoms with Crippen LogP contribution < -0.4 is 0 Å². The van der Waals surface area contributed by atoms with Crippen molar-refractivity contribution >= 4 is 16.8 Å². The zero-order valence-corrected chi connectivity index (χ0v) is 12.6. The fraction of sp³-hybridized carbons (Fsp3) is 0.312. The molecule has 2 aromatic heterocycles. The summed E-state index contributed by atoms with van der Waals surface area (Å²) < 4.78 is 6.93. The van der Waals surface area contributed by atoms with Gasteiger partial charge in [0.25, 0.3) is 0 Å². The highest BCUT2D eigenvalue weighted by Gasteiger charge is 2.18. The maximum absolute atomic E-state index is 12.5. The highest BCUT2D eigenvalue weighted by molar-refractivity contribution is 5.98. The van der Waals surface area contributed by atoms with E-state index in [1.807, 2.05) is 10.6 Å². The lowest BCUT2D eigenvalue weighted by Gasteiger charge is -2.05. The Labute approximate surface area is 122 Å². The molecule has 21 heavy (non-hydrogen) atoms. The third-order valence-electron chi connectivity index (χ3n) is 3.86. The molecule has 0 saturated heterocycles. The van der Waals surface area contributed by atoms with Crippen molar-refractivity contribution in [2.24, 2.45) is 0 Å². The van der Waals surface area contributed by atoms with Crippen LogP contribution in [0.4, 0.5) is 0 Å². The molecule has 0 aliphatic carbocycles. The Morgan fingerprint density at radius 2 is 1.90 bits per heavy atom. The number of imidazole rings is 1. The Hall–Kier alpha value is -2.43. The first-order valence-electron chi connectivity index (χ1n) is 6.85. The van der Waals surface area contributed by atoms with Crippen LogP contribution in [0.5, 0.6) is 0 Å². The van der Waals surface area contributed by atoms with E-state index in [1.54, 1.807) is 20.2 Å². The molecule has 5 nitrogen and oxygen atoms in total. The zero-order chi connectivity index (χ0) is 15.1. The second-order valence-electron chi connectivity index (χ2n) is 5.42. The van der Waals surface area contributed by atoms with Gasteiger partial charge in [0, 0.05) is 0 Å². The molecule has 0 saturated carbocycles. The molecule has 0 aliphatic rings. The van der Waals surface area contributed by atoms with Crippen LogP contribution in [0.3, 0.4) is 0 Å². The summed E-state index contributed by atoms with van der Waals surface area (Å²) >= 11 is 0. The van der Waals surface area contributed by atoms with Gasteiger partial charge in [0.2, 0.25) is 0 Å². The van der Waals surface area contributed by atoms with Crippen molar-refractivity contribution in [1.82, 2.24) is 14.7 Å². The fourth-order valence-corrected chi connectivity index (χ4v) is 2.55. The first-order chi connectivity index (χ1) is 9.97. The monoisotopic (exact) mass is 283 g/mol. The predicted octanol–water partition coefficient (Wildman–Crippen LogP) is 3.14.